The molecule has 2 rings (SSSR count). The monoisotopic (exact) mass is 226 g/mol. The summed E-state index contributed by atoms with van der Waals surface area (Å²) in [4.78, 5) is 2.62. The van der Waals surface area contributed by atoms with Gasteiger partial charge in [-0.2, -0.15) is 0 Å². The van der Waals surface area contributed by atoms with Crippen molar-refractivity contribution in [1.82, 2.24) is 10.2 Å². The van der Waals surface area contributed by atoms with Gasteiger partial charge in [0.25, 0.3) is 0 Å². The molecular formula is C13H26N2O. The Labute approximate surface area is 99.5 Å². The van der Waals surface area contributed by atoms with Gasteiger partial charge in [-0.1, -0.05) is 20.3 Å². The van der Waals surface area contributed by atoms with Crippen molar-refractivity contribution in [2.24, 2.45) is 5.92 Å². The minimum absolute atomic E-state index is 0.600. The van der Waals surface area contributed by atoms with Crippen LogP contribution in [0.15, 0.2) is 0 Å². The van der Waals surface area contributed by atoms with Crippen LogP contribution >= 0.6 is 0 Å². The molecule has 0 bridgehead atoms. The molecule has 2 fully saturated rings. The van der Waals surface area contributed by atoms with Crippen LogP contribution in [0.3, 0.4) is 0 Å². The van der Waals surface area contributed by atoms with Crippen molar-refractivity contribution in [1.29, 1.82) is 0 Å². The minimum Gasteiger partial charge on any atom is -0.378 e. The number of ether oxygens (including phenoxy) is 1. The van der Waals surface area contributed by atoms with Gasteiger partial charge in [-0.15, -0.1) is 0 Å². The first-order valence-corrected chi connectivity index (χ1v) is 6.84. The SMILES string of the molecule is CCC(C)CN1CCOCC1CNC1CC1. The second kappa shape index (κ2) is 5.99. The third-order valence-corrected chi connectivity index (χ3v) is 3.81. The van der Waals surface area contributed by atoms with E-state index in [1.54, 1.807) is 0 Å². The van der Waals surface area contributed by atoms with E-state index in [0.29, 0.717) is 6.04 Å². The molecular weight excluding hydrogens is 200 g/mol. The predicted octanol–water partition coefficient (Wildman–Crippen LogP) is 1.49. The van der Waals surface area contributed by atoms with Gasteiger partial charge in [0.15, 0.2) is 0 Å². The molecule has 94 valence electrons. The minimum atomic E-state index is 0.600. The van der Waals surface area contributed by atoms with Gasteiger partial charge in [-0.05, 0) is 18.8 Å². The fourth-order valence-electron chi connectivity index (χ4n) is 2.24. The van der Waals surface area contributed by atoms with Crippen LogP contribution in [-0.2, 0) is 4.74 Å². The molecule has 16 heavy (non-hydrogen) atoms. The number of nitrogens with one attached hydrogen (secondary N) is 1. The lowest BCUT2D eigenvalue weighted by Gasteiger charge is -2.37. The summed E-state index contributed by atoms with van der Waals surface area (Å²) in [5.41, 5.74) is 0. The van der Waals surface area contributed by atoms with Crippen LogP contribution in [-0.4, -0.2) is 49.8 Å². The molecule has 0 amide bonds. The summed E-state index contributed by atoms with van der Waals surface area (Å²) < 4.78 is 5.60. The van der Waals surface area contributed by atoms with Crippen molar-refractivity contribution in [2.75, 3.05) is 32.8 Å². The Morgan fingerprint density at radius 2 is 2.25 bits per heavy atom. The molecule has 1 saturated heterocycles. The molecule has 2 aliphatic rings. The first-order chi connectivity index (χ1) is 7.79. The fourth-order valence-corrected chi connectivity index (χ4v) is 2.24. The molecule has 1 N–H and O–H groups in total. The average Bonchev–Trinajstić information content (AvgIpc) is 3.11. The summed E-state index contributed by atoms with van der Waals surface area (Å²) >= 11 is 0. The standard InChI is InChI=1S/C13H26N2O/c1-3-11(2)9-15-6-7-16-10-13(15)8-14-12-4-5-12/h11-14H,3-10H2,1-2H3. The third kappa shape index (κ3) is 3.72. The maximum absolute atomic E-state index is 5.60. The number of morpholine rings is 1. The molecule has 0 aromatic rings. The van der Waals surface area contributed by atoms with Gasteiger partial charge in [0.05, 0.1) is 13.2 Å². The number of rotatable bonds is 6. The number of nitrogens with zero attached hydrogens (tertiary/aromatic N) is 1. The molecule has 0 aromatic heterocycles. The third-order valence-electron chi connectivity index (χ3n) is 3.81. The maximum atomic E-state index is 5.60. The molecule has 3 nitrogen and oxygen atoms in total. The highest BCUT2D eigenvalue weighted by Crippen LogP contribution is 2.19. The van der Waals surface area contributed by atoms with Crippen molar-refractivity contribution in [2.45, 2.75) is 45.2 Å². The van der Waals surface area contributed by atoms with Crippen LogP contribution in [0.2, 0.25) is 0 Å². The van der Waals surface area contributed by atoms with Crippen LogP contribution in [0, 0.1) is 5.92 Å². The van der Waals surface area contributed by atoms with E-state index in [1.165, 1.54) is 25.8 Å². The van der Waals surface area contributed by atoms with Crippen LogP contribution in [0.1, 0.15) is 33.1 Å². The van der Waals surface area contributed by atoms with Gasteiger partial charge in [0.2, 0.25) is 0 Å². The van der Waals surface area contributed by atoms with Crippen molar-refractivity contribution in [3.63, 3.8) is 0 Å². The highest BCUT2D eigenvalue weighted by atomic mass is 16.5. The molecule has 0 aromatic carbocycles. The zero-order chi connectivity index (χ0) is 11.4. The molecule has 0 radical (unpaired) electrons. The zero-order valence-corrected chi connectivity index (χ0v) is 10.7. The Balaban J connectivity index is 1.75. The molecule has 0 spiro atoms. The summed E-state index contributed by atoms with van der Waals surface area (Å²) in [6.07, 6.45) is 4.03. The maximum Gasteiger partial charge on any atom is 0.0634 e. The summed E-state index contributed by atoms with van der Waals surface area (Å²) in [6.45, 7) is 9.91. The highest BCUT2D eigenvalue weighted by Gasteiger charge is 2.27. The van der Waals surface area contributed by atoms with E-state index in [9.17, 15) is 0 Å². The largest absolute Gasteiger partial charge is 0.378 e. The number of hydrogen-bond donors (Lipinski definition) is 1. The van der Waals surface area contributed by atoms with E-state index in [-0.39, 0.29) is 0 Å². The van der Waals surface area contributed by atoms with Crippen molar-refractivity contribution in [3.05, 3.63) is 0 Å². The smallest absolute Gasteiger partial charge is 0.0634 e. The topological polar surface area (TPSA) is 24.5 Å². The van der Waals surface area contributed by atoms with Crippen molar-refractivity contribution >= 4 is 0 Å². The Bertz CT molecular complexity index is 206. The first kappa shape index (κ1) is 12.3. The van der Waals surface area contributed by atoms with E-state index >= 15 is 0 Å². The van der Waals surface area contributed by atoms with E-state index in [2.05, 4.69) is 24.1 Å². The predicted molar refractivity (Wildman–Crippen MR) is 66.7 cm³/mol. The van der Waals surface area contributed by atoms with Gasteiger partial charge < -0.3 is 10.1 Å². The molecule has 1 aliphatic heterocycles. The summed E-state index contributed by atoms with van der Waals surface area (Å²) in [5, 5.41) is 3.63. The normalized spacial score (nSPS) is 29.2. The van der Waals surface area contributed by atoms with Crippen LogP contribution < -0.4 is 5.32 Å². The highest BCUT2D eigenvalue weighted by molar-refractivity contribution is 4.85. The van der Waals surface area contributed by atoms with Crippen LogP contribution in [0.4, 0.5) is 0 Å². The van der Waals surface area contributed by atoms with Crippen LogP contribution in [0.25, 0.3) is 0 Å². The van der Waals surface area contributed by atoms with Gasteiger partial charge >= 0.3 is 0 Å². The fraction of sp³-hybridized carbons (Fsp3) is 1.00. The van der Waals surface area contributed by atoms with Gasteiger partial charge in [-0.25, -0.2) is 0 Å². The van der Waals surface area contributed by atoms with E-state index in [0.717, 1.165) is 38.3 Å². The molecule has 1 heterocycles. The summed E-state index contributed by atoms with van der Waals surface area (Å²) in [5.74, 6) is 0.807. The van der Waals surface area contributed by atoms with E-state index < -0.39 is 0 Å². The summed E-state index contributed by atoms with van der Waals surface area (Å²) in [7, 11) is 0. The van der Waals surface area contributed by atoms with Crippen molar-refractivity contribution in [3.8, 4) is 0 Å². The van der Waals surface area contributed by atoms with Gasteiger partial charge in [-0.3, -0.25) is 4.90 Å². The average molecular weight is 226 g/mol. The quantitative estimate of drug-likeness (QED) is 0.742. The Kier molecular flexibility index (Phi) is 4.62. The lowest BCUT2D eigenvalue weighted by atomic mass is 10.1. The Morgan fingerprint density at radius 3 is 2.94 bits per heavy atom. The molecule has 2 atom stereocenters. The van der Waals surface area contributed by atoms with Crippen molar-refractivity contribution < 1.29 is 4.74 Å². The second-order valence-corrected chi connectivity index (χ2v) is 5.42. The molecule has 1 saturated carbocycles. The second-order valence-electron chi connectivity index (χ2n) is 5.42. The molecule has 1 aliphatic carbocycles. The Hall–Kier alpha value is -0.120. The van der Waals surface area contributed by atoms with Crippen LogP contribution in [0.5, 0.6) is 0 Å². The number of hydrogen-bond acceptors (Lipinski definition) is 3. The first-order valence-electron chi connectivity index (χ1n) is 6.84. The van der Waals surface area contributed by atoms with Gasteiger partial charge in [0.1, 0.15) is 0 Å². The molecule has 3 heteroatoms. The van der Waals surface area contributed by atoms with E-state index in [4.69, 9.17) is 4.74 Å². The van der Waals surface area contributed by atoms with E-state index in [1.807, 2.05) is 0 Å². The van der Waals surface area contributed by atoms with Gasteiger partial charge in [0, 0.05) is 31.7 Å². The zero-order valence-electron chi connectivity index (χ0n) is 10.7. The lowest BCUT2D eigenvalue weighted by Crippen LogP contribution is -2.51. The summed E-state index contributed by atoms with van der Waals surface area (Å²) in [6, 6.07) is 1.41. The lowest BCUT2D eigenvalue weighted by molar-refractivity contribution is -0.0129. The Morgan fingerprint density at radius 1 is 1.44 bits per heavy atom. The molecule has 2 unspecified atom stereocenters.